The molecule has 0 amide bonds. The standard InChI is InChI=1S/C16H16ClN3O/c1-11-3-2-8-20(10-11)16-14(9-18)19-15(21-16)12-4-6-13(17)7-5-12/h4-7,11H,2-3,8,10H2,1H3. The molecule has 2 aromatic rings. The summed E-state index contributed by atoms with van der Waals surface area (Å²) in [4.78, 5) is 6.44. The number of oxazole rings is 1. The molecule has 0 saturated carbocycles. The Balaban J connectivity index is 1.95. The normalized spacial score (nSPS) is 18.5. The molecule has 1 aromatic heterocycles. The van der Waals surface area contributed by atoms with Crippen molar-refractivity contribution < 1.29 is 4.42 Å². The van der Waals surface area contributed by atoms with Crippen LogP contribution in [0.3, 0.4) is 0 Å². The van der Waals surface area contributed by atoms with Gasteiger partial charge < -0.3 is 9.32 Å². The molecule has 1 aliphatic rings. The molecule has 0 aliphatic carbocycles. The van der Waals surface area contributed by atoms with Gasteiger partial charge in [0.05, 0.1) is 0 Å². The number of hydrogen-bond acceptors (Lipinski definition) is 4. The Labute approximate surface area is 129 Å². The van der Waals surface area contributed by atoms with Crippen molar-refractivity contribution in [2.24, 2.45) is 5.92 Å². The molecule has 0 N–H and O–H groups in total. The van der Waals surface area contributed by atoms with Crippen LogP contribution in [0.5, 0.6) is 0 Å². The zero-order valence-corrected chi connectivity index (χ0v) is 12.6. The van der Waals surface area contributed by atoms with Gasteiger partial charge in [0.25, 0.3) is 0 Å². The van der Waals surface area contributed by atoms with Crippen LogP contribution in [0, 0.1) is 17.2 Å². The summed E-state index contributed by atoms with van der Waals surface area (Å²) in [6, 6.07) is 9.40. The van der Waals surface area contributed by atoms with Crippen molar-refractivity contribution in [1.29, 1.82) is 5.26 Å². The van der Waals surface area contributed by atoms with Crippen LogP contribution in [0.25, 0.3) is 11.5 Å². The third-order valence-electron chi connectivity index (χ3n) is 3.75. The van der Waals surface area contributed by atoms with E-state index >= 15 is 0 Å². The molecule has 4 nitrogen and oxygen atoms in total. The highest BCUT2D eigenvalue weighted by Gasteiger charge is 2.24. The summed E-state index contributed by atoms with van der Waals surface area (Å²) in [5.74, 6) is 1.67. The Morgan fingerprint density at radius 1 is 1.38 bits per heavy atom. The molecule has 1 unspecified atom stereocenters. The molecule has 2 heterocycles. The maximum absolute atomic E-state index is 9.30. The fourth-order valence-corrected chi connectivity index (χ4v) is 2.82. The minimum atomic E-state index is 0.356. The first-order chi connectivity index (χ1) is 10.2. The fourth-order valence-electron chi connectivity index (χ4n) is 2.69. The van der Waals surface area contributed by atoms with Gasteiger partial charge in [-0.3, -0.25) is 0 Å². The number of aromatic nitrogens is 1. The van der Waals surface area contributed by atoms with Crippen molar-refractivity contribution >= 4 is 17.5 Å². The number of nitriles is 1. The highest BCUT2D eigenvalue weighted by Crippen LogP contribution is 2.31. The van der Waals surface area contributed by atoms with Crippen molar-refractivity contribution in [2.75, 3.05) is 18.0 Å². The lowest BCUT2D eigenvalue weighted by Crippen LogP contribution is -2.34. The summed E-state index contributed by atoms with van der Waals surface area (Å²) in [5, 5.41) is 9.96. The number of benzene rings is 1. The molecular weight excluding hydrogens is 286 g/mol. The zero-order chi connectivity index (χ0) is 14.8. The number of anilines is 1. The van der Waals surface area contributed by atoms with Crippen LogP contribution in [-0.4, -0.2) is 18.1 Å². The molecule has 108 valence electrons. The monoisotopic (exact) mass is 301 g/mol. The molecule has 1 atom stereocenters. The van der Waals surface area contributed by atoms with Crippen molar-refractivity contribution in [3.05, 3.63) is 35.0 Å². The topological polar surface area (TPSA) is 53.1 Å². The van der Waals surface area contributed by atoms with E-state index in [2.05, 4.69) is 22.9 Å². The minimum absolute atomic E-state index is 0.356. The Morgan fingerprint density at radius 2 is 2.14 bits per heavy atom. The van der Waals surface area contributed by atoms with E-state index < -0.39 is 0 Å². The number of rotatable bonds is 2. The van der Waals surface area contributed by atoms with E-state index in [1.165, 1.54) is 6.42 Å². The van der Waals surface area contributed by atoms with Crippen LogP contribution in [0.1, 0.15) is 25.5 Å². The van der Waals surface area contributed by atoms with Crippen LogP contribution in [-0.2, 0) is 0 Å². The van der Waals surface area contributed by atoms with Gasteiger partial charge in [0.15, 0.2) is 0 Å². The Bertz CT molecular complexity index is 672. The molecule has 0 spiro atoms. The van der Waals surface area contributed by atoms with Crippen molar-refractivity contribution in [1.82, 2.24) is 4.98 Å². The quantitative estimate of drug-likeness (QED) is 0.838. The summed E-state index contributed by atoms with van der Waals surface area (Å²) < 4.78 is 5.87. The van der Waals surface area contributed by atoms with Gasteiger partial charge in [-0.25, -0.2) is 0 Å². The average Bonchev–Trinajstić information content (AvgIpc) is 2.92. The Hall–Kier alpha value is -1.99. The second kappa shape index (κ2) is 5.79. The van der Waals surface area contributed by atoms with Gasteiger partial charge in [0, 0.05) is 23.7 Å². The Morgan fingerprint density at radius 3 is 2.81 bits per heavy atom. The zero-order valence-electron chi connectivity index (χ0n) is 11.8. The lowest BCUT2D eigenvalue weighted by molar-refractivity contribution is 0.422. The smallest absolute Gasteiger partial charge is 0.235 e. The maximum Gasteiger partial charge on any atom is 0.235 e. The highest BCUT2D eigenvalue weighted by molar-refractivity contribution is 6.30. The summed E-state index contributed by atoms with van der Waals surface area (Å²) in [6.45, 7) is 4.03. The van der Waals surface area contributed by atoms with E-state index in [0.717, 1.165) is 25.1 Å². The van der Waals surface area contributed by atoms with Gasteiger partial charge in [-0.15, -0.1) is 0 Å². The van der Waals surface area contributed by atoms with E-state index in [1.807, 2.05) is 12.1 Å². The van der Waals surface area contributed by atoms with E-state index in [9.17, 15) is 5.26 Å². The van der Waals surface area contributed by atoms with E-state index in [4.69, 9.17) is 16.0 Å². The highest BCUT2D eigenvalue weighted by atomic mass is 35.5. The van der Waals surface area contributed by atoms with Gasteiger partial charge in [0.1, 0.15) is 6.07 Å². The lowest BCUT2D eigenvalue weighted by Gasteiger charge is -2.30. The molecule has 0 radical (unpaired) electrons. The maximum atomic E-state index is 9.30. The third kappa shape index (κ3) is 2.88. The molecule has 0 bridgehead atoms. The molecule has 1 aliphatic heterocycles. The molecule has 3 rings (SSSR count). The van der Waals surface area contributed by atoms with Gasteiger partial charge in [-0.1, -0.05) is 18.5 Å². The first-order valence-electron chi connectivity index (χ1n) is 7.09. The SMILES string of the molecule is CC1CCCN(c2oc(-c3ccc(Cl)cc3)nc2C#N)C1. The van der Waals surface area contributed by atoms with Gasteiger partial charge in [0.2, 0.25) is 17.5 Å². The molecule has 1 saturated heterocycles. The molecule has 1 fully saturated rings. The second-order valence-corrected chi connectivity index (χ2v) is 5.92. The summed E-state index contributed by atoms with van der Waals surface area (Å²) in [6.07, 6.45) is 2.33. The molecule has 1 aromatic carbocycles. The second-order valence-electron chi connectivity index (χ2n) is 5.48. The number of piperidine rings is 1. The van der Waals surface area contributed by atoms with Gasteiger partial charge in [-0.05, 0) is 43.0 Å². The fraction of sp³-hybridized carbons (Fsp3) is 0.375. The summed E-state index contributed by atoms with van der Waals surface area (Å²) in [5.41, 5.74) is 1.18. The van der Waals surface area contributed by atoms with Crippen LogP contribution in [0.15, 0.2) is 28.7 Å². The van der Waals surface area contributed by atoms with Gasteiger partial charge >= 0.3 is 0 Å². The summed E-state index contributed by atoms with van der Waals surface area (Å²) >= 11 is 5.89. The first kappa shape index (κ1) is 14.0. The number of hydrogen-bond donors (Lipinski definition) is 0. The minimum Gasteiger partial charge on any atom is -0.419 e. The van der Waals surface area contributed by atoms with Crippen molar-refractivity contribution in [3.8, 4) is 17.5 Å². The van der Waals surface area contributed by atoms with E-state index in [0.29, 0.717) is 28.4 Å². The largest absolute Gasteiger partial charge is 0.419 e. The number of halogens is 1. The van der Waals surface area contributed by atoms with Crippen molar-refractivity contribution in [3.63, 3.8) is 0 Å². The molecule has 21 heavy (non-hydrogen) atoms. The first-order valence-corrected chi connectivity index (χ1v) is 7.47. The van der Waals surface area contributed by atoms with E-state index in [-0.39, 0.29) is 0 Å². The van der Waals surface area contributed by atoms with Crippen LogP contribution < -0.4 is 4.90 Å². The molecular formula is C16H16ClN3O. The van der Waals surface area contributed by atoms with Gasteiger partial charge in [-0.2, -0.15) is 10.2 Å². The van der Waals surface area contributed by atoms with E-state index in [1.54, 1.807) is 12.1 Å². The van der Waals surface area contributed by atoms with Crippen LogP contribution in [0.4, 0.5) is 5.88 Å². The van der Waals surface area contributed by atoms with Crippen LogP contribution >= 0.6 is 11.6 Å². The van der Waals surface area contributed by atoms with Crippen LogP contribution in [0.2, 0.25) is 5.02 Å². The predicted molar refractivity (Wildman–Crippen MR) is 82.3 cm³/mol. The average molecular weight is 302 g/mol. The third-order valence-corrected chi connectivity index (χ3v) is 4.00. The summed E-state index contributed by atoms with van der Waals surface area (Å²) in [7, 11) is 0. The number of nitrogens with zero attached hydrogens (tertiary/aromatic N) is 3. The lowest BCUT2D eigenvalue weighted by atomic mass is 10.0. The predicted octanol–water partition coefficient (Wildman–Crippen LogP) is 4.10. The Kier molecular flexibility index (Phi) is 3.85. The molecule has 5 heteroatoms. The van der Waals surface area contributed by atoms with Crippen molar-refractivity contribution in [2.45, 2.75) is 19.8 Å².